The molecule has 2 heteroatoms. The van der Waals surface area contributed by atoms with E-state index < -0.39 is 0 Å². The van der Waals surface area contributed by atoms with Crippen molar-refractivity contribution in [1.29, 1.82) is 0 Å². The Bertz CT molecular complexity index is 405. The molecule has 0 aromatic heterocycles. The molecule has 1 aliphatic rings. The number of nitrogens with zero attached hydrogens (tertiary/aromatic N) is 1. The van der Waals surface area contributed by atoms with Crippen LogP contribution in [-0.4, -0.2) is 0 Å². The van der Waals surface area contributed by atoms with Gasteiger partial charge in [-0.1, -0.05) is 30.7 Å². The fraction of sp³-hybridized carbons (Fsp3) is 0.467. The topological polar surface area (TPSA) is 29.4 Å². The van der Waals surface area contributed by atoms with Crippen LogP contribution in [0, 0.1) is 4.91 Å². The second-order valence-corrected chi connectivity index (χ2v) is 4.67. The molecule has 1 aromatic carbocycles. The third-order valence-corrected chi connectivity index (χ3v) is 3.58. The summed E-state index contributed by atoms with van der Waals surface area (Å²) in [5.74, 6) is 0.524. The van der Waals surface area contributed by atoms with Crippen LogP contribution >= 0.6 is 0 Å². The summed E-state index contributed by atoms with van der Waals surface area (Å²) in [6, 6.07) is 7.71. The van der Waals surface area contributed by atoms with Crippen LogP contribution < -0.4 is 0 Å². The molecule has 1 atom stereocenters. The van der Waals surface area contributed by atoms with E-state index in [0.29, 0.717) is 11.6 Å². The zero-order chi connectivity index (χ0) is 12.1. The number of hydrogen-bond donors (Lipinski definition) is 0. The van der Waals surface area contributed by atoms with E-state index in [1.165, 1.54) is 31.2 Å². The van der Waals surface area contributed by atoms with Gasteiger partial charge in [0, 0.05) is 5.92 Å². The third kappa shape index (κ3) is 2.82. The molecule has 17 heavy (non-hydrogen) atoms. The zero-order valence-corrected chi connectivity index (χ0v) is 10.4. The number of allylic oxidation sites excluding steroid dienone is 2. The van der Waals surface area contributed by atoms with Crippen LogP contribution in [-0.2, 0) is 0 Å². The molecule has 0 saturated carbocycles. The van der Waals surface area contributed by atoms with Gasteiger partial charge in [0.15, 0.2) is 0 Å². The lowest BCUT2D eigenvalue weighted by Gasteiger charge is -2.22. The molecular weight excluding hydrogens is 210 g/mol. The highest BCUT2D eigenvalue weighted by molar-refractivity contribution is 5.41. The lowest BCUT2D eigenvalue weighted by molar-refractivity contribution is 0.628. The Morgan fingerprint density at radius 1 is 1.24 bits per heavy atom. The van der Waals surface area contributed by atoms with Crippen molar-refractivity contribution in [1.82, 2.24) is 0 Å². The predicted molar refractivity (Wildman–Crippen MR) is 71.5 cm³/mol. The van der Waals surface area contributed by atoms with E-state index in [1.54, 1.807) is 5.57 Å². The predicted octanol–water partition coefficient (Wildman–Crippen LogP) is 5.08. The molecule has 0 bridgehead atoms. The van der Waals surface area contributed by atoms with Crippen LogP contribution in [0.1, 0.15) is 50.5 Å². The zero-order valence-electron chi connectivity index (χ0n) is 10.4. The van der Waals surface area contributed by atoms with Gasteiger partial charge in [-0.05, 0) is 55.0 Å². The van der Waals surface area contributed by atoms with Crippen LogP contribution in [0.25, 0.3) is 0 Å². The smallest absolute Gasteiger partial charge is 0.108 e. The minimum Gasteiger partial charge on any atom is -0.145 e. The fourth-order valence-electron chi connectivity index (χ4n) is 2.66. The summed E-state index contributed by atoms with van der Waals surface area (Å²) in [6.45, 7) is 2.23. The lowest BCUT2D eigenvalue weighted by Crippen LogP contribution is -2.04. The molecule has 0 spiro atoms. The Morgan fingerprint density at radius 2 is 2.00 bits per heavy atom. The van der Waals surface area contributed by atoms with Crippen molar-refractivity contribution in [3.05, 3.63) is 46.4 Å². The van der Waals surface area contributed by atoms with Gasteiger partial charge in [0.25, 0.3) is 0 Å². The molecular formula is C15H19NO. The van der Waals surface area contributed by atoms with E-state index in [9.17, 15) is 4.91 Å². The van der Waals surface area contributed by atoms with Crippen molar-refractivity contribution >= 4 is 5.69 Å². The van der Waals surface area contributed by atoms with Crippen LogP contribution in [0.15, 0.2) is 41.1 Å². The molecule has 1 aliphatic carbocycles. The Balaban J connectivity index is 2.21. The molecule has 90 valence electrons. The molecule has 0 fully saturated rings. The molecule has 0 aliphatic heterocycles. The standard InChI is InChI=1S/C15H19NO/c1-2-15(12-6-4-3-5-7-12)13-8-10-14(16-17)11-9-13/h6,8-11,15H,2-5,7H2,1H3. The highest BCUT2D eigenvalue weighted by Gasteiger charge is 2.16. The maximum absolute atomic E-state index is 10.4. The normalized spacial score (nSPS) is 17.4. The van der Waals surface area contributed by atoms with Crippen LogP contribution in [0.5, 0.6) is 0 Å². The first-order valence-electron chi connectivity index (χ1n) is 6.47. The average Bonchev–Trinajstić information content (AvgIpc) is 2.42. The number of benzene rings is 1. The first-order chi connectivity index (χ1) is 8.35. The molecule has 0 saturated heterocycles. The van der Waals surface area contributed by atoms with E-state index in [0.717, 1.165) is 6.42 Å². The third-order valence-electron chi connectivity index (χ3n) is 3.58. The van der Waals surface area contributed by atoms with Crippen LogP contribution in [0.2, 0.25) is 0 Å². The molecule has 1 unspecified atom stereocenters. The van der Waals surface area contributed by atoms with Crippen molar-refractivity contribution in [2.75, 3.05) is 0 Å². The van der Waals surface area contributed by atoms with Gasteiger partial charge < -0.3 is 0 Å². The van der Waals surface area contributed by atoms with Crippen molar-refractivity contribution in [2.45, 2.75) is 44.9 Å². The van der Waals surface area contributed by atoms with Gasteiger partial charge in [-0.25, -0.2) is 0 Å². The van der Waals surface area contributed by atoms with Gasteiger partial charge in [-0.15, -0.1) is 4.91 Å². The highest BCUT2D eigenvalue weighted by atomic mass is 16.3. The van der Waals surface area contributed by atoms with Gasteiger partial charge in [-0.3, -0.25) is 0 Å². The van der Waals surface area contributed by atoms with Crippen molar-refractivity contribution in [3.63, 3.8) is 0 Å². The van der Waals surface area contributed by atoms with E-state index in [1.807, 2.05) is 24.3 Å². The first kappa shape index (κ1) is 12.0. The summed E-state index contributed by atoms with van der Waals surface area (Å²) >= 11 is 0. The Morgan fingerprint density at radius 3 is 2.53 bits per heavy atom. The van der Waals surface area contributed by atoms with Crippen LogP contribution in [0.4, 0.5) is 5.69 Å². The summed E-state index contributed by atoms with van der Waals surface area (Å²) in [6.07, 6.45) is 8.62. The van der Waals surface area contributed by atoms with Gasteiger partial charge in [0.1, 0.15) is 5.69 Å². The SMILES string of the molecule is CCC(C1=CCCCC1)c1ccc(N=O)cc1. The first-order valence-corrected chi connectivity index (χ1v) is 6.47. The van der Waals surface area contributed by atoms with Gasteiger partial charge in [-0.2, -0.15) is 0 Å². The molecule has 2 nitrogen and oxygen atoms in total. The second kappa shape index (κ2) is 5.76. The molecule has 1 aromatic rings. The Kier molecular flexibility index (Phi) is 4.08. The largest absolute Gasteiger partial charge is 0.145 e. The second-order valence-electron chi connectivity index (χ2n) is 4.67. The lowest BCUT2D eigenvalue weighted by atomic mass is 9.83. The van der Waals surface area contributed by atoms with E-state index in [2.05, 4.69) is 18.2 Å². The minimum atomic E-state index is 0.515. The van der Waals surface area contributed by atoms with Crippen molar-refractivity contribution in [3.8, 4) is 0 Å². The van der Waals surface area contributed by atoms with Gasteiger partial charge >= 0.3 is 0 Å². The monoisotopic (exact) mass is 229 g/mol. The van der Waals surface area contributed by atoms with Gasteiger partial charge in [0.05, 0.1) is 0 Å². The van der Waals surface area contributed by atoms with E-state index in [4.69, 9.17) is 0 Å². The van der Waals surface area contributed by atoms with Crippen molar-refractivity contribution < 1.29 is 0 Å². The summed E-state index contributed by atoms with van der Waals surface area (Å²) < 4.78 is 0. The van der Waals surface area contributed by atoms with Crippen molar-refractivity contribution in [2.24, 2.45) is 5.18 Å². The summed E-state index contributed by atoms with van der Waals surface area (Å²) in [5.41, 5.74) is 3.40. The summed E-state index contributed by atoms with van der Waals surface area (Å²) in [5, 5.41) is 2.94. The molecule has 0 radical (unpaired) electrons. The maximum Gasteiger partial charge on any atom is 0.108 e. The molecule has 0 heterocycles. The highest BCUT2D eigenvalue weighted by Crippen LogP contribution is 2.34. The number of hydrogen-bond acceptors (Lipinski definition) is 2. The maximum atomic E-state index is 10.4. The minimum absolute atomic E-state index is 0.515. The average molecular weight is 229 g/mol. The summed E-state index contributed by atoms with van der Waals surface area (Å²) in [4.78, 5) is 10.4. The quantitative estimate of drug-likeness (QED) is 0.523. The van der Waals surface area contributed by atoms with E-state index >= 15 is 0 Å². The molecule has 0 N–H and O–H groups in total. The number of nitroso groups, excluding NO2 is 1. The molecule has 2 rings (SSSR count). The number of rotatable bonds is 4. The Hall–Kier alpha value is -1.44. The van der Waals surface area contributed by atoms with Crippen LogP contribution in [0.3, 0.4) is 0 Å². The van der Waals surface area contributed by atoms with E-state index in [-0.39, 0.29) is 0 Å². The summed E-state index contributed by atoms with van der Waals surface area (Å²) in [7, 11) is 0. The fourth-order valence-corrected chi connectivity index (χ4v) is 2.66. The van der Waals surface area contributed by atoms with Gasteiger partial charge in [0.2, 0.25) is 0 Å². The Labute approximate surface area is 103 Å². The molecule has 0 amide bonds.